The van der Waals surface area contributed by atoms with E-state index in [1.54, 1.807) is 6.08 Å². The number of hydrogen-bond acceptors (Lipinski definition) is 4. The molecule has 3 rings (SSSR count). The zero-order chi connectivity index (χ0) is 20.0. The van der Waals surface area contributed by atoms with Crippen molar-refractivity contribution in [1.82, 2.24) is 9.21 Å². The zero-order valence-electron chi connectivity index (χ0n) is 15.9. The van der Waals surface area contributed by atoms with Crippen molar-refractivity contribution in [3.05, 3.63) is 71.1 Å². The highest BCUT2D eigenvalue weighted by Gasteiger charge is 2.25. The summed E-state index contributed by atoms with van der Waals surface area (Å²) in [5.41, 5.74) is 2.66. The lowest BCUT2D eigenvalue weighted by Gasteiger charge is -2.32. The number of piperazine rings is 1. The molecule has 0 aromatic heterocycles. The Balaban J connectivity index is 1.50. The molecule has 0 unspecified atom stereocenters. The maximum Gasteiger partial charge on any atom is 0.238 e. The minimum absolute atomic E-state index is 0.0884. The van der Waals surface area contributed by atoms with E-state index in [0.717, 1.165) is 16.8 Å². The maximum absolute atomic E-state index is 12.5. The predicted octanol–water partition coefficient (Wildman–Crippen LogP) is 2.55. The molecule has 1 fully saturated rings. The number of nitrogens with zero attached hydrogens (tertiary/aromatic N) is 2. The molecule has 28 heavy (non-hydrogen) atoms. The lowest BCUT2D eigenvalue weighted by atomic mass is 10.2. The number of para-hydroxylation sites is 1. The van der Waals surface area contributed by atoms with Crippen LogP contribution in [0.3, 0.4) is 0 Å². The summed E-state index contributed by atoms with van der Waals surface area (Å²) in [6.07, 6.45) is 1.61. The van der Waals surface area contributed by atoms with Crippen molar-refractivity contribution in [2.24, 2.45) is 0 Å². The molecule has 0 spiro atoms. The first-order chi connectivity index (χ1) is 13.4. The Bertz CT molecular complexity index is 934. The molecule has 0 radical (unpaired) electrons. The zero-order valence-corrected chi connectivity index (χ0v) is 16.7. The van der Waals surface area contributed by atoms with Gasteiger partial charge in [0.05, 0.1) is 6.54 Å². The van der Waals surface area contributed by atoms with Gasteiger partial charge in [0.2, 0.25) is 15.9 Å². The van der Waals surface area contributed by atoms with Gasteiger partial charge in [0.25, 0.3) is 0 Å². The van der Waals surface area contributed by atoms with Crippen LogP contribution in [-0.4, -0.2) is 56.3 Å². The van der Waals surface area contributed by atoms with Crippen LogP contribution in [0.2, 0.25) is 0 Å². The molecular formula is C21H25N3O3S. The number of rotatable bonds is 6. The van der Waals surface area contributed by atoms with Gasteiger partial charge in [-0.05, 0) is 30.2 Å². The molecule has 0 saturated carbocycles. The number of carbonyl (C=O) groups excluding carboxylic acids is 1. The van der Waals surface area contributed by atoms with Crippen LogP contribution >= 0.6 is 0 Å². The second kappa shape index (κ2) is 9.14. The highest BCUT2D eigenvalue weighted by Crippen LogP contribution is 2.14. The number of benzene rings is 2. The summed E-state index contributed by atoms with van der Waals surface area (Å²) in [7, 11) is -3.46. The normalized spacial score (nSPS) is 16.3. The molecule has 2 aromatic rings. The number of anilines is 1. The van der Waals surface area contributed by atoms with Crippen molar-refractivity contribution >= 4 is 27.7 Å². The van der Waals surface area contributed by atoms with Crippen LogP contribution in [0.5, 0.6) is 0 Å². The number of carbonyl (C=O) groups is 1. The molecule has 1 N–H and O–H groups in total. The average molecular weight is 400 g/mol. The summed E-state index contributed by atoms with van der Waals surface area (Å²) in [6.45, 7) is 4.00. The fraction of sp³-hybridized carbons (Fsp3) is 0.286. The Morgan fingerprint density at radius 3 is 2.32 bits per heavy atom. The highest BCUT2D eigenvalue weighted by atomic mass is 32.2. The van der Waals surface area contributed by atoms with E-state index in [-0.39, 0.29) is 12.5 Å². The Labute approximate surface area is 166 Å². The molecule has 1 heterocycles. The Kier molecular flexibility index (Phi) is 6.61. The van der Waals surface area contributed by atoms with E-state index in [1.807, 2.05) is 66.4 Å². The SMILES string of the molecule is Cc1ccccc1NC(=O)CN1CCN(S(=O)(=O)/C=C\c2ccccc2)CC1. The van der Waals surface area contributed by atoms with Gasteiger partial charge in [0, 0.05) is 37.3 Å². The van der Waals surface area contributed by atoms with Crippen LogP contribution in [0.25, 0.3) is 6.08 Å². The first-order valence-electron chi connectivity index (χ1n) is 9.25. The van der Waals surface area contributed by atoms with E-state index in [1.165, 1.54) is 9.71 Å². The van der Waals surface area contributed by atoms with Crippen LogP contribution in [-0.2, 0) is 14.8 Å². The Hall–Kier alpha value is -2.48. The summed E-state index contributed by atoms with van der Waals surface area (Å²) in [5, 5.41) is 4.17. The third-order valence-electron chi connectivity index (χ3n) is 4.71. The van der Waals surface area contributed by atoms with Gasteiger partial charge in [-0.2, -0.15) is 4.31 Å². The van der Waals surface area contributed by atoms with E-state index >= 15 is 0 Å². The summed E-state index contributed by atoms with van der Waals surface area (Å²) >= 11 is 0. The first-order valence-corrected chi connectivity index (χ1v) is 10.8. The number of aryl methyl sites for hydroxylation is 1. The van der Waals surface area contributed by atoms with Gasteiger partial charge < -0.3 is 5.32 Å². The second-order valence-corrected chi connectivity index (χ2v) is 8.62. The lowest BCUT2D eigenvalue weighted by molar-refractivity contribution is -0.117. The quantitative estimate of drug-likeness (QED) is 0.811. The summed E-state index contributed by atoms with van der Waals surface area (Å²) in [6, 6.07) is 17.0. The topological polar surface area (TPSA) is 69.7 Å². The van der Waals surface area contributed by atoms with Gasteiger partial charge in [0.15, 0.2) is 0 Å². The number of sulfonamides is 1. The van der Waals surface area contributed by atoms with Crippen LogP contribution in [0.4, 0.5) is 5.69 Å². The van der Waals surface area contributed by atoms with Gasteiger partial charge >= 0.3 is 0 Å². The second-order valence-electron chi connectivity index (χ2n) is 6.80. The molecule has 0 bridgehead atoms. The van der Waals surface area contributed by atoms with E-state index in [2.05, 4.69) is 5.32 Å². The summed E-state index contributed by atoms with van der Waals surface area (Å²) in [5.74, 6) is -0.0884. The molecule has 7 heteroatoms. The van der Waals surface area contributed by atoms with Crippen LogP contribution in [0.15, 0.2) is 60.0 Å². The van der Waals surface area contributed by atoms with Crippen LogP contribution in [0.1, 0.15) is 11.1 Å². The molecule has 1 amide bonds. The lowest BCUT2D eigenvalue weighted by Crippen LogP contribution is -2.49. The van der Waals surface area contributed by atoms with E-state index in [4.69, 9.17) is 0 Å². The van der Waals surface area contributed by atoms with E-state index in [0.29, 0.717) is 26.2 Å². The standard InChI is InChI=1S/C21H25N3O3S/c1-18-7-5-6-10-20(18)22-21(25)17-23-12-14-24(15-13-23)28(26,27)16-11-19-8-3-2-4-9-19/h2-11,16H,12-15,17H2,1H3,(H,22,25)/b16-11-. The van der Waals surface area contributed by atoms with Crippen LogP contribution < -0.4 is 5.32 Å². The monoisotopic (exact) mass is 399 g/mol. The molecular weight excluding hydrogens is 374 g/mol. The smallest absolute Gasteiger partial charge is 0.238 e. The summed E-state index contributed by atoms with van der Waals surface area (Å²) in [4.78, 5) is 14.2. The van der Waals surface area contributed by atoms with Crippen molar-refractivity contribution in [3.63, 3.8) is 0 Å². The Morgan fingerprint density at radius 1 is 1.00 bits per heavy atom. The fourth-order valence-electron chi connectivity index (χ4n) is 3.06. The van der Waals surface area contributed by atoms with Gasteiger partial charge in [-0.15, -0.1) is 0 Å². The van der Waals surface area contributed by atoms with Crippen molar-refractivity contribution in [1.29, 1.82) is 0 Å². The fourth-order valence-corrected chi connectivity index (χ4v) is 4.24. The largest absolute Gasteiger partial charge is 0.325 e. The predicted molar refractivity (Wildman–Crippen MR) is 112 cm³/mol. The van der Waals surface area contributed by atoms with Crippen molar-refractivity contribution < 1.29 is 13.2 Å². The number of amides is 1. The van der Waals surface area contributed by atoms with Gasteiger partial charge in [-0.25, -0.2) is 8.42 Å². The highest BCUT2D eigenvalue weighted by molar-refractivity contribution is 7.92. The molecule has 148 valence electrons. The van der Waals surface area contributed by atoms with Crippen LogP contribution in [0, 0.1) is 6.92 Å². The molecule has 1 aliphatic heterocycles. The third kappa shape index (κ3) is 5.51. The number of nitrogens with one attached hydrogen (secondary N) is 1. The van der Waals surface area contributed by atoms with Crippen molar-refractivity contribution in [2.45, 2.75) is 6.92 Å². The minimum atomic E-state index is -3.46. The van der Waals surface area contributed by atoms with Gasteiger partial charge in [-0.1, -0.05) is 48.5 Å². The summed E-state index contributed by atoms with van der Waals surface area (Å²) < 4.78 is 26.5. The molecule has 1 saturated heterocycles. The first kappa shape index (κ1) is 20.3. The number of hydrogen-bond donors (Lipinski definition) is 1. The average Bonchev–Trinajstić information content (AvgIpc) is 2.69. The van der Waals surface area contributed by atoms with Gasteiger partial charge in [0.1, 0.15) is 0 Å². The molecule has 6 nitrogen and oxygen atoms in total. The maximum atomic E-state index is 12.5. The molecule has 2 aromatic carbocycles. The van der Waals surface area contributed by atoms with E-state index in [9.17, 15) is 13.2 Å². The van der Waals surface area contributed by atoms with Gasteiger partial charge in [-0.3, -0.25) is 9.69 Å². The van der Waals surface area contributed by atoms with E-state index < -0.39 is 10.0 Å². The Morgan fingerprint density at radius 2 is 1.64 bits per heavy atom. The molecule has 0 aliphatic carbocycles. The molecule has 0 atom stereocenters. The van der Waals surface area contributed by atoms with Crippen molar-refractivity contribution in [2.75, 3.05) is 38.0 Å². The third-order valence-corrected chi connectivity index (χ3v) is 6.27. The molecule has 1 aliphatic rings. The minimum Gasteiger partial charge on any atom is -0.325 e. The van der Waals surface area contributed by atoms with Crippen molar-refractivity contribution in [3.8, 4) is 0 Å².